The molecule has 1 N–H and O–H groups in total. The lowest BCUT2D eigenvalue weighted by atomic mass is 10.1. The Morgan fingerprint density at radius 2 is 1.93 bits per heavy atom. The van der Waals surface area contributed by atoms with Crippen molar-refractivity contribution in [1.29, 1.82) is 0 Å². The number of carbonyl (C=O) groups excluding carboxylic acids is 2. The zero-order chi connectivity index (χ0) is 19.1. The number of carbonyl (C=O) groups is 2. The minimum Gasteiger partial charge on any atom is -0.493 e. The van der Waals surface area contributed by atoms with Crippen molar-refractivity contribution in [2.45, 2.75) is 25.9 Å². The fraction of sp³-hybridized carbons (Fsp3) is 0.333. The van der Waals surface area contributed by atoms with Gasteiger partial charge in [0.2, 0.25) is 5.91 Å². The zero-order valence-corrected chi connectivity index (χ0v) is 15.4. The highest BCUT2D eigenvalue weighted by Crippen LogP contribution is 2.22. The van der Waals surface area contributed by atoms with E-state index in [1.807, 2.05) is 54.6 Å². The molecule has 2 aromatic rings. The SMILES string of the molecule is CCc1ccc(N2CC(CNC(=O)CCOc3ccccc3)OC2=O)cc1. The first kappa shape index (κ1) is 18.8. The average Bonchev–Trinajstić information content (AvgIpc) is 3.08. The zero-order valence-electron chi connectivity index (χ0n) is 15.4. The molecule has 0 aromatic heterocycles. The molecule has 27 heavy (non-hydrogen) atoms. The highest BCUT2D eigenvalue weighted by molar-refractivity contribution is 5.89. The van der Waals surface area contributed by atoms with Crippen LogP contribution in [-0.4, -0.2) is 37.8 Å². The molecule has 1 heterocycles. The number of benzene rings is 2. The molecule has 1 fully saturated rings. The number of hydrogen-bond acceptors (Lipinski definition) is 4. The number of amides is 2. The fourth-order valence-corrected chi connectivity index (χ4v) is 2.84. The fourth-order valence-electron chi connectivity index (χ4n) is 2.84. The third kappa shape index (κ3) is 5.23. The smallest absolute Gasteiger partial charge is 0.414 e. The first-order valence-corrected chi connectivity index (χ1v) is 9.17. The van der Waals surface area contributed by atoms with E-state index in [2.05, 4.69) is 12.2 Å². The van der Waals surface area contributed by atoms with Crippen molar-refractivity contribution in [2.24, 2.45) is 0 Å². The van der Waals surface area contributed by atoms with Crippen LogP contribution >= 0.6 is 0 Å². The summed E-state index contributed by atoms with van der Waals surface area (Å²) in [7, 11) is 0. The molecule has 1 atom stereocenters. The summed E-state index contributed by atoms with van der Waals surface area (Å²) < 4.78 is 10.9. The van der Waals surface area contributed by atoms with Crippen molar-refractivity contribution >= 4 is 17.7 Å². The number of aryl methyl sites for hydroxylation is 1. The number of anilines is 1. The van der Waals surface area contributed by atoms with E-state index in [-0.39, 0.29) is 24.5 Å². The summed E-state index contributed by atoms with van der Waals surface area (Å²) in [4.78, 5) is 25.6. The van der Waals surface area contributed by atoms with Gasteiger partial charge in [-0.05, 0) is 36.2 Å². The lowest BCUT2D eigenvalue weighted by Crippen LogP contribution is -2.35. The number of nitrogens with one attached hydrogen (secondary N) is 1. The van der Waals surface area contributed by atoms with Gasteiger partial charge in [0.1, 0.15) is 11.9 Å². The second-order valence-corrected chi connectivity index (χ2v) is 6.35. The molecule has 1 unspecified atom stereocenters. The maximum Gasteiger partial charge on any atom is 0.414 e. The van der Waals surface area contributed by atoms with Crippen molar-refractivity contribution < 1.29 is 19.1 Å². The van der Waals surface area contributed by atoms with E-state index in [9.17, 15) is 9.59 Å². The van der Waals surface area contributed by atoms with Crippen LogP contribution in [0.3, 0.4) is 0 Å². The Kier molecular flexibility index (Phi) is 6.30. The van der Waals surface area contributed by atoms with Crippen LogP contribution in [0.5, 0.6) is 5.75 Å². The van der Waals surface area contributed by atoms with Gasteiger partial charge in [-0.25, -0.2) is 4.79 Å². The standard InChI is InChI=1S/C21H24N2O4/c1-2-16-8-10-17(11-9-16)23-15-19(27-21(23)25)14-22-20(24)12-13-26-18-6-4-3-5-7-18/h3-11,19H,2,12-15H2,1H3,(H,22,24). The molecule has 6 nitrogen and oxygen atoms in total. The first-order valence-electron chi connectivity index (χ1n) is 9.17. The van der Waals surface area contributed by atoms with Gasteiger partial charge in [-0.15, -0.1) is 0 Å². The van der Waals surface area contributed by atoms with Gasteiger partial charge in [-0.2, -0.15) is 0 Å². The van der Waals surface area contributed by atoms with Crippen molar-refractivity contribution in [1.82, 2.24) is 5.32 Å². The predicted molar refractivity (Wildman–Crippen MR) is 103 cm³/mol. The number of nitrogens with zero attached hydrogens (tertiary/aromatic N) is 1. The van der Waals surface area contributed by atoms with Crippen LogP contribution in [0.4, 0.5) is 10.5 Å². The van der Waals surface area contributed by atoms with E-state index < -0.39 is 0 Å². The Labute approximate surface area is 159 Å². The summed E-state index contributed by atoms with van der Waals surface area (Å²) in [6.45, 7) is 3.10. The number of cyclic esters (lactones) is 1. The molecule has 142 valence electrons. The topological polar surface area (TPSA) is 67.9 Å². The second-order valence-electron chi connectivity index (χ2n) is 6.35. The molecule has 1 aliphatic rings. The first-order chi connectivity index (χ1) is 13.2. The predicted octanol–water partition coefficient (Wildman–Crippen LogP) is 3.16. The van der Waals surface area contributed by atoms with Crippen LogP contribution in [-0.2, 0) is 16.0 Å². The normalized spacial score (nSPS) is 16.1. The summed E-state index contributed by atoms with van der Waals surface area (Å²) in [5.74, 6) is 0.604. The molecular formula is C21H24N2O4. The molecule has 3 rings (SSSR count). The monoisotopic (exact) mass is 368 g/mol. The van der Waals surface area contributed by atoms with Gasteiger partial charge < -0.3 is 14.8 Å². The van der Waals surface area contributed by atoms with E-state index in [0.29, 0.717) is 19.7 Å². The molecule has 2 aromatic carbocycles. The van der Waals surface area contributed by atoms with Crippen molar-refractivity contribution in [3.8, 4) is 5.75 Å². The third-order valence-electron chi connectivity index (χ3n) is 4.40. The summed E-state index contributed by atoms with van der Waals surface area (Å²) in [6.07, 6.45) is 0.457. The lowest BCUT2D eigenvalue weighted by Gasteiger charge is -2.13. The summed E-state index contributed by atoms with van der Waals surface area (Å²) >= 11 is 0. The molecule has 0 radical (unpaired) electrons. The number of ether oxygens (including phenoxy) is 2. The van der Waals surface area contributed by atoms with E-state index >= 15 is 0 Å². The quantitative estimate of drug-likeness (QED) is 0.777. The molecule has 2 amide bonds. The Morgan fingerprint density at radius 1 is 1.19 bits per heavy atom. The highest BCUT2D eigenvalue weighted by atomic mass is 16.6. The summed E-state index contributed by atoms with van der Waals surface area (Å²) in [6, 6.07) is 17.2. The largest absolute Gasteiger partial charge is 0.493 e. The van der Waals surface area contributed by atoms with E-state index in [1.54, 1.807) is 4.90 Å². The molecule has 0 aliphatic carbocycles. The molecule has 0 bridgehead atoms. The Morgan fingerprint density at radius 3 is 2.63 bits per heavy atom. The Balaban J connectivity index is 1.40. The van der Waals surface area contributed by atoms with Gasteiger partial charge in [0.25, 0.3) is 0 Å². The van der Waals surface area contributed by atoms with Gasteiger partial charge in [0, 0.05) is 5.69 Å². The van der Waals surface area contributed by atoms with Crippen molar-refractivity contribution in [3.05, 3.63) is 60.2 Å². The second kappa shape index (κ2) is 9.07. The van der Waals surface area contributed by atoms with E-state index in [1.165, 1.54) is 5.56 Å². The molecule has 1 aliphatic heterocycles. The van der Waals surface area contributed by atoms with Crippen LogP contribution in [0.15, 0.2) is 54.6 Å². The van der Waals surface area contributed by atoms with Crippen LogP contribution < -0.4 is 15.0 Å². The number of rotatable bonds is 8. The Bertz CT molecular complexity index is 762. The maximum atomic E-state index is 12.1. The maximum absolute atomic E-state index is 12.1. The average molecular weight is 368 g/mol. The Hall–Kier alpha value is -3.02. The minimum atomic E-state index is -0.383. The van der Waals surface area contributed by atoms with Gasteiger partial charge >= 0.3 is 6.09 Å². The highest BCUT2D eigenvalue weighted by Gasteiger charge is 2.32. The minimum absolute atomic E-state index is 0.132. The number of para-hydroxylation sites is 1. The molecule has 0 saturated carbocycles. The summed E-state index contributed by atoms with van der Waals surface area (Å²) in [5.41, 5.74) is 2.02. The van der Waals surface area contributed by atoms with E-state index in [0.717, 1.165) is 17.9 Å². The summed E-state index contributed by atoms with van der Waals surface area (Å²) in [5, 5.41) is 2.80. The van der Waals surface area contributed by atoms with Gasteiger partial charge in [-0.3, -0.25) is 9.69 Å². The van der Waals surface area contributed by atoms with E-state index in [4.69, 9.17) is 9.47 Å². The van der Waals surface area contributed by atoms with Crippen molar-refractivity contribution in [2.75, 3.05) is 24.6 Å². The van der Waals surface area contributed by atoms with Crippen molar-refractivity contribution in [3.63, 3.8) is 0 Å². The van der Waals surface area contributed by atoms with Crippen LogP contribution in [0.1, 0.15) is 18.9 Å². The van der Waals surface area contributed by atoms with Gasteiger partial charge in [0.15, 0.2) is 0 Å². The lowest BCUT2D eigenvalue weighted by molar-refractivity contribution is -0.121. The van der Waals surface area contributed by atoms with Crippen LogP contribution in [0.2, 0.25) is 0 Å². The van der Waals surface area contributed by atoms with Crippen LogP contribution in [0.25, 0.3) is 0 Å². The molecule has 6 heteroatoms. The van der Waals surface area contributed by atoms with Gasteiger partial charge in [0.05, 0.1) is 26.1 Å². The van der Waals surface area contributed by atoms with Crippen LogP contribution in [0, 0.1) is 0 Å². The number of hydrogen-bond donors (Lipinski definition) is 1. The molecule has 1 saturated heterocycles. The molecule has 0 spiro atoms. The molecular weight excluding hydrogens is 344 g/mol. The third-order valence-corrected chi connectivity index (χ3v) is 4.40. The van der Waals surface area contributed by atoms with Gasteiger partial charge in [-0.1, -0.05) is 37.3 Å².